The molecule has 0 aliphatic rings. The quantitative estimate of drug-likeness (QED) is 0.747. The summed E-state index contributed by atoms with van der Waals surface area (Å²) in [6.45, 7) is 7.63. The second-order valence-corrected chi connectivity index (χ2v) is 5.53. The lowest BCUT2D eigenvalue weighted by Crippen LogP contribution is -2.32. The molecule has 0 bridgehead atoms. The summed E-state index contributed by atoms with van der Waals surface area (Å²) in [5, 5.41) is 6.14. The molecule has 0 saturated heterocycles. The van der Waals surface area contributed by atoms with E-state index in [9.17, 15) is 4.79 Å². The number of rotatable bonds is 6. The minimum absolute atomic E-state index is 0.116. The van der Waals surface area contributed by atoms with Crippen molar-refractivity contribution in [2.75, 3.05) is 6.54 Å². The van der Waals surface area contributed by atoms with Crippen molar-refractivity contribution in [3.05, 3.63) is 21.9 Å². The number of aryl methyl sites for hydroxylation is 1. The molecule has 2 N–H and O–H groups in total. The predicted molar refractivity (Wildman–Crippen MR) is 68.7 cm³/mol. The Morgan fingerprint density at radius 3 is 2.75 bits per heavy atom. The number of amides is 1. The molecule has 0 fully saturated rings. The summed E-state index contributed by atoms with van der Waals surface area (Å²) in [5.74, 6) is 0.116. The normalized spacial score (nSPS) is 10.8. The van der Waals surface area contributed by atoms with Crippen molar-refractivity contribution in [3.8, 4) is 0 Å². The molecule has 0 unspecified atom stereocenters. The number of hydrogen-bond acceptors (Lipinski definition) is 3. The number of thiophene rings is 1. The molecule has 0 saturated carbocycles. The fourth-order valence-electron chi connectivity index (χ4n) is 1.39. The van der Waals surface area contributed by atoms with E-state index in [4.69, 9.17) is 0 Å². The van der Waals surface area contributed by atoms with E-state index in [1.165, 1.54) is 9.75 Å². The Kier molecular flexibility index (Phi) is 5.49. The van der Waals surface area contributed by atoms with Gasteiger partial charge in [-0.15, -0.1) is 11.3 Å². The van der Waals surface area contributed by atoms with Gasteiger partial charge in [0.1, 0.15) is 0 Å². The monoisotopic (exact) mass is 240 g/mol. The first kappa shape index (κ1) is 13.2. The van der Waals surface area contributed by atoms with Gasteiger partial charge in [0.15, 0.2) is 0 Å². The number of nitrogens with one attached hydrogen (secondary N) is 2. The van der Waals surface area contributed by atoms with Crippen LogP contribution >= 0.6 is 11.3 Å². The van der Waals surface area contributed by atoms with E-state index in [2.05, 4.69) is 29.7 Å². The maximum atomic E-state index is 11.3. The van der Waals surface area contributed by atoms with E-state index >= 15 is 0 Å². The zero-order valence-electron chi connectivity index (χ0n) is 10.2. The fourth-order valence-corrected chi connectivity index (χ4v) is 2.25. The van der Waals surface area contributed by atoms with E-state index in [1.807, 2.05) is 13.8 Å². The SMILES string of the molecule is Cc1ccc(CNCCC(=O)NC(C)C)s1. The van der Waals surface area contributed by atoms with Gasteiger partial charge in [-0.25, -0.2) is 0 Å². The van der Waals surface area contributed by atoms with Gasteiger partial charge in [0.25, 0.3) is 0 Å². The molecule has 0 radical (unpaired) electrons. The van der Waals surface area contributed by atoms with Crippen LogP contribution in [0, 0.1) is 6.92 Å². The minimum atomic E-state index is 0.116. The highest BCUT2D eigenvalue weighted by molar-refractivity contribution is 7.11. The van der Waals surface area contributed by atoms with Crippen molar-refractivity contribution in [1.29, 1.82) is 0 Å². The van der Waals surface area contributed by atoms with Gasteiger partial charge in [0, 0.05) is 35.3 Å². The molecular formula is C12H20N2OS. The van der Waals surface area contributed by atoms with Crippen LogP contribution in [0.5, 0.6) is 0 Å². The lowest BCUT2D eigenvalue weighted by Gasteiger charge is -2.08. The average Bonchev–Trinajstić information content (AvgIpc) is 2.58. The second-order valence-electron chi connectivity index (χ2n) is 4.16. The van der Waals surface area contributed by atoms with Crippen molar-refractivity contribution >= 4 is 17.2 Å². The smallest absolute Gasteiger partial charge is 0.221 e. The van der Waals surface area contributed by atoms with E-state index in [0.717, 1.165) is 13.1 Å². The third kappa shape index (κ3) is 5.28. The first-order chi connectivity index (χ1) is 7.58. The Hall–Kier alpha value is -0.870. The molecular weight excluding hydrogens is 220 g/mol. The Morgan fingerprint density at radius 1 is 1.44 bits per heavy atom. The van der Waals surface area contributed by atoms with Crippen LogP contribution in [-0.4, -0.2) is 18.5 Å². The molecule has 1 amide bonds. The summed E-state index contributed by atoms with van der Waals surface area (Å²) in [4.78, 5) is 14.0. The maximum Gasteiger partial charge on any atom is 0.221 e. The topological polar surface area (TPSA) is 41.1 Å². The third-order valence-corrected chi connectivity index (χ3v) is 3.07. The van der Waals surface area contributed by atoms with Crippen LogP contribution in [0.2, 0.25) is 0 Å². The van der Waals surface area contributed by atoms with Gasteiger partial charge in [-0.2, -0.15) is 0 Å². The molecule has 1 rings (SSSR count). The molecule has 0 aliphatic heterocycles. The summed E-state index contributed by atoms with van der Waals surface area (Å²) in [7, 11) is 0. The van der Waals surface area contributed by atoms with Crippen molar-refractivity contribution < 1.29 is 4.79 Å². The minimum Gasteiger partial charge on any atom is -0.354 e. The van der Waals surface area contributed by atoms with Crippen LogP contribution in [0.25, 0.3) is 0 Å². The van der Waals surface area contributed by atoms with Gasteiger partial charge in [0.05, 0.1) is 0 Å². The van der Waals surface area contributed by atoms with Crippen molar-refractivity contribution in [2.45, 2.75) is 39.8 Å². The lowest BCUT2D eigenvalue weighted by molar-refractivity contribution is -0.121. The van der Waals surface area contributed by atoms with E-state index < -0.39 is 0 Å². The highest BCUT2D eigenvalue weighted by atomic mass is 32.1. The van der Waals surface area contributed by atoms with Gasteiger partial charge in [0.2, 0.25) is 5.91 Å². The Bertz CT molecular complexity index is 334. The molecule has 1 heterocycles. The number of hydrogen-bond donors (Lipinski definition) is 2. The molecule has 4 heteroatoms. The summed E-state index contributed by atoms with van der Waals surface area (Å²) in [6.07, 6.45) is 0.544. The van der Waals surface area contributed by atoms with Crippen LogP contribution in [0.3, 0.4) is 0 Å². The third-order valence-electron chi connectivity index (χ3n) is 2.07. The first-order valence-electron chi connectivity index (χ1n) is 5.63. The standard InChI is InChI=1S/C12H20N2OS/c1-9(2)14-12(15)6-7-13-8-11-5-4-10(3)16-11/h4-5,9,13H,6-8H2,1-3H3,(H,14,15). The summed E-state index contributed by atoms with van der Waals surface area (Å²) in [6, 6.07) is 4.47. The van der Waals surface area contributed by atoms with Crippen molar-refractivity contribution in [3.63, 3.8) is 0 Å². The number of carbonyl (C=O) groups excluding carboxylic acids is 1. The molecule has 0 aliphatic carbocycles. The number of carbonyl (C=O) groups is 1. The average molecular weight is 240 g/mol. The van der Waals surface area contributed by atoms with Crippen LogP contribution in [0.4, 0.5) is 0 Å². The van der Waals surface area contributed by atoms with Crippen LogP contribution < -0.4 is 10.6 Å². The largest absolute Gasteiger partial charge is 0.354 e. The van der Waals surface area contributed by atoms with Crippen LogP contribution in [-0.2, 0) is 11.3 Å². The molecule has 1 aromatic rings. The van der Waals surface area contributed by atoms with Crippen molar-refractivity contribution in [1.82, 2.24) is 10.6 Å². The van der Waals surface area contributed by atoms with Gasteiger partial charge in [-0.1, -0.05) is 0 Å². The molecule has 0 atom stereocenters. The van der Waals surface area contributed by atoms with Crippen LogP contribution in [0.15, 0.2) is 12.1 Å². The zero-order chi connectivity index (χ0) is 12.0. The Morgan fingerprint density at radius 2 is 2.19 bits per heavy atom. The van der Waals surface area contributed by atoms with Gasteiger partial charge >= 0.3 is 0 Å². The first-order valence-corrected chi connectivity index (χ1v) is 6.45. The predicted octanol–water partition coefficient (Wildman–Crippen LogP) is 2.06. The summed E-state index contributed by atoms with van der Waals surface area (Å²) < 4.78 is 0. The van der Waals surface area contributed by atoms with E-state index in [0.29, 0.717) is 6.42 Å². The summed E-state index contributed by atoms with van der Waals surface area (Å²) >= 11 is 1.79. The molecule has 0 spiro atoms. The fraction of sp³-hybridized carbons (Fsp3) is 0.583. The lowest BCUT2D eigenvalue weighted by atomic mass is 10.3. The van der Waals surface area contributed by atoms with Crippen molar-refractivity contribution in [2.24, 2.45) is 0 Å². The second kappa shape index (κ2) is 6.66. The molecule has 1 aromatic heterocycles. The van der Waals surface area contributed by atoms with Gasteiger partial charge in [-0.05, 0) is 32.9 Å². The molecule has 0 aromatic carbocycles. The summed E-state index contributed by atoms with van der Waals surface area (Å²) in [5.41, 5.74) is 0. The van der Waals surface area contributed by atoms with E-state index in [1.54, 1.807) is 11.3 Å². The van der Waals surface area contributed by atoms with E-state index in [-0.39, 0.29) is 11.9 Å². The van der Waals surface area contributed by atoms with Crippen LogP contribution in [0.1, 0.15) is 30.0 Å². The Labute approximate surface area is 101 Å². The molecule has 90 valence electrons. The highest BCUT2D eigenvalue weighted by Gasteiger charge is 2.02. The maximum absolute atomic E-state index is 11.3. The molecule has 3 nitrogen and oxygen atoms in total. The van der Waals surface area contributed by atoms with Gasteiger partial charge < -0.3 is 10.6 Å². The van der Waals surface area contributed by atoms with Gasteiger partial charge in [-0.3, -0.25) is 4.79 Å². The molecule has 16 heavy (non-hydrogen) atoms. The Balaban J connectivity index is 2.10. The highest BCUT2D eigenvalue weighted by Crippen LogP contribution is 2.14. The zero-order valence-corrected chi connectivity index (χ0v) is 11.0.